The molecule has 18 heavy (non-hydrogen) atoms. The highest BCUT2D eigenvalue weighted by Crippen LogP contribution is 2.18. The maximum absolute atomic E-state index is 12.1. The molecule has 2 amide bonds. The summed E-state index contributed by atoms with van der Waals surface area (Å²) in [7, 11) is 0. The number of rotatable bonds is 3. The Morgan fingerprint density at radius 2 is 2.22 bits per heavy atom. The van der Waals surface area contributed by atoms with Crippen LogP contribution in [0.15, 0.2) is 30.3 Å². The first-order valence-corrected chi connectivity index (χ1v) is 6.45. The Labute approximate surface area is 108 Å². The number of aliphatic hydroxyl groups is 1. The van der Waals surface area contributed by atoms with Crippen molar-refractivity contribution in [2.24, 2.45) is 0 Å². The van der Waals surface area contributed by atoms with E-state index >= 15 is 0 Å². The summed E-state index contributed by atoms with van der Waals surface area (Å²) < 4.78 is 0. The minimum atomic E-state index is -0.0806. The van der Waals surface area contributed by atoms with Crippen LogP contribution >= 0.6 is 0 Å². The Hall–Kier alpha value is -1.55. The number of hydrogen-bond donors (Lipinski definition) is 2. The molecule has 2 rings (SSSR count). The van der Waals surface area contributed by atoms with Gasteiger partial charge in [0, 0.05) is 6.54 Å². The largest absolute Gasteiger partial charge is 0.394 e. The molecule has 0 radical (unpaired) electrons. The van der Waals surface area contributed by atoms with Crippen LogP contribution in [-0.4, -0.2) is 35.2 Å². The van der Waals surface area contributed by atoms with Gasteiger partial charge in [-0.3, -0.25) is 0 Å². The smallest absolute Gasteiger partial charge is 0.318 e. The zero-order chi connectivity index (χ0) is 13.0. The standard InChI is InChI=1S/C14H20N2O2/c1-11(12-6-3-2-4-7-12)15-14(18)16-9-5-8-13(16)10-17/h2-4,6-7,11,13,17H,5,8-10H2,1H3,(H,15,18)/t11?,13-/m0/s1. The molecular formula is C14H20N2O2. The summed E-state index contributed by atoms with van der Waals surface area (Å²) in [4.78, 5) is 13.8. The zero-order valence-electron chi connectivity index (χ0n) is 10.7. The van der Waals surface area contributed by atoms with Gasteiger partial charge in [0.15, 0.2) is 0 Å². The Morgan fingerprint density at radius 1 is 1.50 bits per heavy atom. The maximum atomic E-state index is 12.1. The van der Waals surface area contributed by atoms with Gasteiger partial charge in [0.2, 0.25) is 0 Å². The minimum absolute atomic E-state index is 0.0151. The first-order valence-electron chi connectivity index (χ1n) is 6.45. The Bertz CT molecular complexity index is 394. The number of nitrogens with zero attached hydrogens (tertiary/aromatic N) is 1. The molecule has 1 aliphatic rings. The molecule has 0 bridgehead atoms. The summed E-state index contributed by atoms with van der Waals surface area (Å²) in [5.74, 6) is 0. The molecule has 4 nitrogen and oxygen atoms in total. The topological polar surface area (TPSA) is 52.6 Å². The van der Waals surface area contributed by atoms with Gasteiger partial charge in [-0.05, 0) is 25.3 Å². The number of aliphatic hydroxyl groups excluding tert-OH is 1. The molecule has 0 spiro atoms. The van der Waals surface area contributed by atoms with E-state index in [4.69, 9.17) is 0 Å². The predicted octanol–water partition coefficient (Wildman–Crippen LogP) is 1.91. The van der Waals surface area contributed by atoms with Crippen LogP contribution in [0.2, 0.25) is 0 Å². The summed E-state index contributed by atoms with van der Waals surface area (Å²) in [5.41, 5.74) is 1.09. The van der Waals surface area contributed by atoms with E-state index in [1.165, 1.54) is 0 Å². The van der Waals surface area contributed by atoms with Crippen molar-refractivity contribution < 1.29 is 9.90 Å². The van der Waals surface area contributed by atoms with Gasteiger partial charge in [0.1, 0.15) is 0 Å². The van der Waals surface area contributed by atoms with Crippen LogP contribution in [0.25, 0.3) is 0 Å². The number of urea groups is 1. The van der Waals surface area contributed by atoms with E-state index in [0.29, 0.717) is 0 Å². The summed E-state index contributed by atoms with van der Waals surface area (Å²) in [6.45, 7) is 2.75. The molecule has 0 saturated carbocycles. The SMILES string of the molecule is CC(NC(=O)N1CCC[C@H]1CO)c1ccccc1. The predicted molar refractivity (Wildman–Crippen MR) is 70.2 cm³/mol. The third-order valence-electron chi connectivity index (χ3n) is 3.49. The van der Waals surface area contributed by atoms with Crippen molar-refractivity contribution in [1.29, 1.82) is 0 Å². The van der Waals surface area contributed by atoms with Gasteiger partial charge in [0.05, 0.1) is 18.7 Å². The van der Waals surface area contributed by atoms with E-state index in [1.54, 1.807) is 4.90 Å². The van der Waals surface area contributed by atoms with Crippen molar-refractivity contribution in [3.8, 4) is 0 Å². The summed E-state index contributed by atoms with van der Waals surface area (Å²) in [6.07, 6.45) is 1.86. The van der Waals surface area contributed by atoms with Crippen LogP contribution in [0.1, 0.15) is 31.4 Å². The van der Waals surface area contributed by atoms with E-state index in [1.807, 2.05) is 37.3 Å². The Balaban J connectivity index is 1.95. The highest BCUT2D eigenvalue weighted by Gasteiger charge is 2.28. The number of hydrogen-bond acceptors (Lipinski definition) is 2. The first kappa shape index (κ1) is 12.9. The minimum Gasteiger partial charge on any atom is -0.394 e. The molecule has 0 aromatic heterocycles. The van der Waals surface area contributed by atoms with Gasteiger partial charge in [-0.2, -0.15) is 0 Å². The number of likely N-dealkylation sites (tertiary alicyclic amines) is 1. The number of nitrogens with one attached hydrogen (secondary N) is 1. The molecule has 1 heterocycles. The van der Waals surface area contributed by atoms with Crippen molar-refractivity contribution in [2.75, 3.05) is 13.2 Å². The number of carbonyl (C=O) groups excluding carboxylic acids is 1. The van der Waals surface area contributed by atoms with Crippen LogP contribution in [0.5, 0.6) is 0 Å². The van der Waals surface area contributed by atoms with Crippen LogP contribution < -0.4 is 5.32 Å². The van der Waals surface area contributed by atoms with Gasteiger partial charge < -0.3 is 15.3 Å². The summed E-state index contributed by atoms with van der Waals surface area (Å²) in [6, 6.07) is 9.76. The fraction of sp³-hybridized carbons (Fsp3) is 0.500. The van der Waals surface area contributed by atoms with Crippen LogP contribution in [-0.2, 0) is 0 Å². The lowest BCUT2D eigenvalue weighted by atomic mass is 10.1. The molecule has 1 aliphatic heterocycles. The second-order valence-corrected chi connectivity index (χ2v) is 4.75. The van der Waals surface area contributed by atoms with Gasteiger partial charge in [-0.15, -0.1) is 0 Å². The van der Waals surface area contributed by atoms with E-state index in [-0.39, 0.29) is 24.7 Å². The average molecular weight is 248 g/mol. The number of carbonyl (C=O) groups is 1. The quantitative estimate of drug-likeness (QED) is 0.858. The highest BCUT2D eigenvalue weighted by molar-refractivity contribution is 5.75. The molecule has 2 N–H and O–H groups in total. The lowest BCUT2D eigenvalue weighted by molar-refractivity contribution is 0.155. The second kappa shape index (κ2) is 5.87. The molecule has 1 unspecified atom stereocenters. The average Bonchev–Trinajstić information content (AvgIpc) is 2.88. The lowest BCUT2D eigenvalue weighted by Gasteiger charge is -2.25. The van der Waals surface area contributed by atoms with E-state index in [2.05, 4.69) is 5.32 Å². The molecular weight excluding hydrogens is 228 g/mol. The van der Waals surface area contributed by atoms with Crippen LogP contribution in [0.3, 0.4) is 0 Å². The van der Waals surface area contributed by atoms with Crippen LogP contribution in [0.4, 0.5) is 4.79 Å². The first-order chi connectivity index (χ1) is 8.72. The van der Waals surface area contributed by atoms with Crippen molar-refractivity contribution in [1.82, 2.24) is 10.2 Å². The Kier molecular flexibility index (Phi) is 4.20. The van der Waals surface area contributed by atoms with Crippen LogP contribution in [0, 0.1) is 0 Å². The molecule has 1 aromatic rings. The van der Waals surface area contributed by atoms with Gasteiger partial charge in [-0.1, -0.05) is 30.3 Å². The normalized spacial score (nSPS) is 20.8. The van der Waals surface area contributed by atoms with Gasteiger partial charge in [0.25, 0.3) is 0 Å². The fourth-order valence-electron chi connectivity index (χ4n) is 2.39. The van der Waals surface area contributed by atoms with Gasteiger partial charge >= 0.3 is 6.03 Å². The van der Waals surface area contributed by atoms with Crippen molar-refractivity contribution in [2.45, 2.75) is 31.8 Å². The Morgan fingerprint density at radius 3 is 2.89 bits per heavy atom. The molecule has 1 fully saturated rings. The van der Waals surface area contributed by atoms with Gasteiger partial charge in [-0.25, -0.2) is 4.79 Å². The summed E-state index contributed by atoms with van der Waals surface area (Å²) >= 11 is 0. The maximum Gasteiger partial charge on any atom is 0.318 e. The molecule has 2 atom stereocenters. The molecule has 4 heteroatoms. The van der Waals surface area contributed by atoms with E-state index in [9.17, 15) is 9.90 Å². The summed E-state index contributed by atoms with van der Waals surface area (Å²) in [5, 5.41) is 12.2. The monoisotopic (exact) mass is 248 g/mol. The lowest BCUT2D eigenvalue weighted by Crippen LogP contribution is -2.44. The molecule has 0 aliphatic carbocycles. The van der Waals surface area contributed by atoms with Crippen molar-refractivity contribution in [3.05, 3.63) is 35.9 Å². The van der Waals surface area contributed by atoms with E-state index in [0.717, 1.165) is 24.9 Å². The molecule has 1 aromatic carbocycles. The number of amides is 2. The third kappa shape index (κ3) is 2.82. The highest BCUT2D eigenvalue weighted by atomic mass is 16.3. The molecule has 98 valence electrons. The van der Waals surface area contributed by atoms with E-state index < -0.39 is 0 Å². The van der Waals surface area contributed by atoms with Crippen molar-refractivity contribution in [3.63, 3.8) is 0 Å². The second-order valence-electron chi connectivity index (χ2n) is 4.75. The third-order valence-corrected chi connectivity index (χ3v) is 3.49. The van der Waals surface area contributed by atoms with Crippen molar-refractivity contribution >= 4 is 6.03 Å². The zero-order valence-corrected chi connectivity index (χ0v) is 10.7. The fourth-order valence-corrected chi connectivity index (χ4v) is 2.39. The number of benzene rings is 1. The molecule has 1 saturated heterocycles.